The Labute approximate surface area is 214 Å². The van der Waals surface area contributed by atoms with Crippen molar-refractivity contribution in [2.45, 2.75) is 12.3 Å². The lowest BCUT2D eigenvalue weighted by molar-refractivity contribution is -0.140. The fourth-order valence-electron chi connectivity index (χ4n) is 4.39. The van der Waals surface area contributed by atoms with Crippen molar-refractivity contribution in [3.05, 3.63) is 82.2 Å². The number of fused-ring (bicyclic) bond motifs is 1. The molecule has 1 heterocycles. The molecule has 1 atom stereocenters. The Morgan fingerprint density at radius 1 is 0.811 bits per heavy atom. The van der Waals surface area contributed by atoms with Crippen LogP contribution in [0.2, 0.25) is 0 Å². The Bertz CT molecular complexity index is 1470. The molecule has 0 saturated carbocycles. The van der Waals surface area contributed by atoms with E-state index in [9.17, 15) is 9.59 Å². The van der Waals surface area contributed by atoms with E-state index >= 15 is 0 Å². The van der Waals surface area contributed by atoms with Crippen LogP contribution in [0.25, 0.3) is 22.1 Å². The van der Waals surface area contributed by atoms with Crippen LogP contribution in [0.5, 0.6) is 23.0 Å². The summed E-state index contributed by atoms with van der Waals surface area (Å²) in [6.07, 6.45) is 1.41. The summed E-state index contributed by atoms with van der Waals surface area (Å²) in [7, 11) is 7.52. The van der Waals surface area contributed by atoms with Gasteiger partial charge in [-0.25, -0.2) is 0 Å². The van der Waals surface area contributed by atoms with E-state index in [4.69, 9.17) is 28.1 Å². The minimum absolute atomic E-state index is 0.0224. The van der Waals surface area contributed by atoms with E-state index in [1.54, 1.807) is 62.8 Å². The molecule has 192 valence electrons. The van der Waals surface area contributed by atoms with Crippen LogP contribution in [0, 0.1) is 0 Å². The van der Waals surface area contributed by atoms with E-state index in [1.807, 2.05) is 6.07 Å². The highest BCUT2D eigenvalue weighted by atomic mass is 16.5. The third-order valence-electron chi connectivity index (χ3n) is 6.32. The van der Waals surface area contributed by atoms with Gasteiger partial charge in [-0.15, -0.1) is 0 Å². The van der Waals surface area contributed by atoms with Gasteiger partial charge in [0.05, 0.1) is 52.9 Å². The van der Waals surface area contributed by atoms with Crippen molar-refractivity contribution in [1.29, 1.82) is 0 Å². The molecule has 0 aliphatic carbocycles. The van der Waals surface area contributed by atoms with Gasteiger partial charge in [0.2, 0.25) is 5.43 Å². The molecule has 0 amide bonds. The predicted molar refractivity (Wildman–Crippen MR) is 139 cm³/mol. The average Bonchev–Trinajstić information content (AvgIpc) is 2.95. The molecule has 0 fully saturated rings. The van der Waals surface area contributed by atoms with Crippen LogP contribution in [-0.4, -0.2) is 41.5 Å². The van der Waals surface area contributed by atoms with Crippen molar-refractivity contribution >= 4 is 16.9 Å². The number of hydrogen-bond donors (Lipinski definition) is 0. The molecule has 8 heteroatoms. The van der Waals surface area contributed by atoms with Crippen LogP contribution in [-0.2, 0) is 9.53 Å². The Balaban J connectivity index is 1.95. The highest BCUT2D eigenvalue weighted by Gasteiger charge is 2.28. The highest BCUT2D eigenvalue weighted by molar-refractivity contribution is 5.87. The summed E-state index contributed by atoms with van der Waals surface area (Å²) in [5.41, 5.74) is 2.50. The van der Waals surface area contributed by atoms with Gasteiger partial charge in [-0.2, -0.15) is 0 Å². The van der Waals surface area contributed by atoms with E-state index in [2.05, 4.69) is 0 Å². The Kier molecular flexibility index (Phi) is 7.67. The van der Waals surface area contributed by atoms with Crippen LogP contribution in [0.1, 0.15) is 23.5 Å². The van der Waals surface area contributed by atoms with Gasteiger partial charge in [-0.1, -0.05) is 18.2 Å². The maximum Gasteiger partial charge on any atom is 0.306 e. The van der Waals surface area contributed by atoms with E-state index in [0.29, 0.717) is 50.7 Å². The van der Waals surface area contributed by atoms with E-state index in [0.717, 1.165) is 5.56 Å². The number of carbonyl (C=O) groups is 1. The highest BCUT2D eigenvalue weighted by Crippen LogP contribution is 2.42. The largest absolute Gasteiger partial charge is 0.497 e. The van der Waals surface area contributed by atoms with Gasteiger partial charge >= 0.3 is 5.97 Å². The number of esters is 1. The molecule has 0 aliphatic heterocycles. The zero-order valence-corrected chi connectivity index (χ0v) is 21.3. The average molecular weight is 505 g/mol. The van der Waals surface area contributed by atoms with E-state index in [-0.39, 0.29) is 11.8 Å². The molecule has 0 N–H and O–H groups in total. The number of hydrogen-bond acceptors (Lipinski definition) is 8. The van der Waals surface area contributed by atoms with Crippen molar-refractivity contribution in [1.82, 2.24) is 0 Å². The first-order chi connectivity index (χ1) is 17.9. The maximum atomic E-state index is 13.6. The van der Waals surface area contributed by atoms with Gasteiger partial charge in [0, 0.05) is 11.5 Å². The second kappa shape index (κ2) is 11.1. The molecule has 0 radical (unpaired) electrons. The molecule has 0 spiro atoms. The van der Waals surface area contributed by atoms with Crippen molar-refractivity contribution in [3.8, 4) is 34.1 Å². The molecule has 0 aliphatic rings. The van der Waals surface area contributed by atoms with Crippen LogP contribution in [0.3, 0.4) is 0 Å². The molecule has 3 aromatic carbocycles. The standard InChI is InChI=1S/C29H28O8/c1-32-19-9-6-17(7-10-19)22-16-37-29-20(28(22)31)11-13-24(34-3)27(29)21(15-26(30)36-5)18-8-12-23(33-2)25(14-18)35-4/h6-14,16,21H,15H2,1-5H3. The van der Waals surface area contributed by atoms with Crippen molar-refractivity contribution in [2.75, 3.05) is 35.5 Å². The lowest BCUT2D eigenvalue weighted by atomic mass is 9.86. The summed E-state index contributed by atoms with van der Waals surface area (Å²) in [6, 6.07) is 15.9. The van der Waals surface area contributed by atoms with Gasteiger partial charge < -0.3 is 28.1 Å². The summed E-state index contributed by atoms with van der Waals surface area (Å²) in [5, 5.41) is 0.361. The van der Waals surface area contributed by atoms with Crippen LogP contribution in [0.15, 0.2) is 70.1 Å². The van der Waals surface area contributed by atoms with Crippen LogP contribution < -0.4 is 24.4 Å². The second-order valence-electron chi connectivity index (χ2n) is 8.21. The number of methoxy groups -OCH3 is 5. The van der Waals surface area contributed by atoms with Crippen molar-refractivity contribution in [3.63, 3.8) is 0 Å². The number of rotatable bonds is 9. The molecule has 1 unspecified atom stereocenters. The number of benzene rings is 3. The summed E-state index contributed by atoms with van der Waals surface area (Å²) in [6.45, 7) is 0. The Hall–Kier alpha value is -4.46. The second-order valence-corrected chi connectivity index (χ2v) is 8.21. The topological polar surface area (TPSA) is 93.4 Å². The minimum Gasteiger partial charge on any atom is -0.497 e. The molecule has 37 heavy (non-hydrogen) atoms. The fourth-order valence-corrected chi connectivity index (χ4v) is 4.39. The molecular weight excluding hydrogens is 476 g/mol. The van der Waals surface area contributed by atoms with Crippen LogP contribution >= 0.6 is 0 Å². The van der Waals surface area contributed by atoms with Gasteiger partial charge in [0.15, 0.2) is 11.5 Å². The molecule has 1 aromatic heterocycles. The fraction of sp³-hybridized carbons (Fsp3) is 0.241. The van der Waals surface area contributed by atoms with Gasteiger partial charge in [-0.3, -0.25) is 9.59 Å². The lowest BCUT2D eigenvalue weighted by Crippen LogP contribution is -2.14. The van der Waals surface area contributed by atoms with E-state index in [1.165, 1.54) is 27.6 Å². The first kappa shape index (κ1) is 25.6. The zero-order chi connectivity index (χ0) is 26.5. The molecule has 4 aromatic rings. The smallest absolute Gasteiger partial charge is 0.306 e. The third-order valence-corrected chi connectivity index (χ3v) is 6.32. The first-order valence-corrected chi connectivity index (χ1v) is 11.5. The Morgan fingerprint density at radius 2 is 1.49 bits per heavy atom. The maximum absolute atomic E-state index is 13.6. The summed E-state index contributed by atoms with van der Waals surface area (Å²) in [4.78, 5) is 26.1. The molecule has 8 nitrogen and oxygen atoms in total. The van der Waals surface area contributed by atoms with Crippen molar-refractivity contribution < 1.29 is 32.9 Å². The van der Waals surface area contributed by atoms with Crippen molar-refractivity contribution in [2.24, 2.45) is 0 Å². The third kappa shape index (κ3) is 4.95. The predicted octanol–water partition coefficient (Wildman–Crippen LogP) is 5.19. The number of carbonyl (C=O) groups excluding carboxylic acids is 1. The van der Waals surface area contributed by atoms with E-state index < -0.39 is 11.9 Å². The molecular formula is C29H28O8. The lowest BCUT2D eigenvalue weighted by Gasteiger charge is -2.22. The zero-order valence-electron chi connectivity index (χ0n) is 21.3. The summed E-state index contributed by atoms with van der Waals surface area (Å²) in [5.74, 6) is 1.19. The molecule has 0 saturated heterocycles. The first-order valence-electron chi connectivity index (χ1n) is 11.5. The minimum atomic E-state index is -0.569. The summed E-state index contributed by atoms with van der Waals surface area (Å²) < 4.78 is 32.8. The normalized spacial score (nSPS) is 11.6. The molecule has 4 rings (SSSR count). The monoisotopic (exact) mass is 504 g/mol. The van der Waals surface area contributed by atoms with Gasteiger partial charge in [0.25, 0.3) is 0 Å². The van der Waals surface area contributed by atoms with Crippen LogP contribution in [0.4, 0.5) is 0 Å². The number of ether oxygens (including phenoxy) is 5. The SMILES string of the molecule is COC(=O)CC(c1ccc(OC)c(OC)c1)c1c(OC)ccc2c(=O)c(-c3ccc(OC)cc3)coc12. The van der Waals surface area contributed by atoms with Gasteiger partial charge in [0.1, 0.15) is 23.3 Å². The summed E-state index contributed by atoms with van der Waals surface area (Å²) >= 11 is 0. The Morgan fingerprint density at radius 3 is 2.11 bits per heavy atom. The molecule has 0 bridgehead atoms. The van der Waals surface area contributed by atoms with Gasteiger partial charge in [-0.05, 0) is 47.5 Å². The quantitative estimate of drug-likeness (QED) is 0.288.